The van der Waals surface area contributed by atoms with Gasteiger partial charge in [0.25, 0.3) is 0 Å². The molecular formula is C17H22N2O2. The molecule has 1 unspecified atom stereocenters. The number of carboxylic acid groups (broad SMARTS) is 1. The SMILES string of the molecule is CC(C)(C)N(CC(N)c1cccc2ccccc12)C(=O)O. The number of benzene rings is 2. The summed E-state index contributed by atoms with van der Waals surface area (Å²) >= 11 is 0. The first-order chi connectivity index (χ1) is 9.80. The molecule has 0 spiro atoms. The van der Waals surface area contributed by atoms with Crippen LogP contribution in [0, 0.1) is 0 Å². The van der Waals surface area contributed by atoms with Crippen LogP contribution in [0.15, 0.2) is 42.5 Å². The van der Waals surface area contributed by atoms with Gasteiger partial charge >= 0.3 is 6.09 Å². The van der Waals surface area contributed by atoms with Gasteiger partial charge in [-0.1, -0.05) is 42.5 Å². The van der Waals surface area contributed by atoms with Crippen LogP contribution in [0.5, 0.6) is 0 Å². The predicted octanol–water partition coefficient (Wildman–Crippen LogP) is 3.62. The van der Waals surface area contributed by atoms with E-state index in [9.17, 15) is 9.90 Å². The van der Waals surface area contributed by atoms with Crippen LogP contribution >= 0.6 is 0 Å². The molecule has 21 heavy (non-hydrogen) atoms. The standard InChI is InChI=1S/C17H22N2O2/c1-17(2,3)19(16(20)21)11-15(18)14-10-6-8-12-7-4-5-9-13(12)14/h4-10,15H,11,18H2,1-3H3,(H,20,21). The highest BCUT2D eigenvalue weighted by Gasteiger charge is 2.28. The summed E-state index contributed by atoms with van der Waals surface area (Å²) in [4.78, 5) is 12.8. The zero-order valence-electron chi connectivity index (χ0n) is 12.7. The van der Waals surface area contributed by atoms with Crippen molar-refractivity contribution >= 4 is 16.9 Å². The minimum Gasteiger partial charge on any atom is -0.465 e. The summed E-state index contributed by atoms with van der Waals surface area (Å²) in [6, 6.07) is 13.6. The molecule has 4 heteroatoms. The summed E-state index contributed by atoms with van der Waals surface area (Å²) in [6.07, 6.45) is -0.946. The third-order valence-corrected chi connectivity index (χ3v) is 3.64. The highest BCUT2D eigenvalue weighted by molar-refractivity contribution is 5.86. The molecule has 112 valence electrons. The molecule has 0 aliphatic carbocycles. The fourth-order valence-corrected chi connectivity index (χ4v) is 2.51. The van der Waals surface area contributed by atoms with Gasteiger partial charge in [-0.2, -0.15) is 0 Å². The molecule has 4 nitrogen and oxygen atoms in total. The van der Waals surface area contributed by atoms with Crippen molar-refractivity contribution in [3.05, 3.63) is 48.0 Å². The van der Waals surface area contributed by atoms with Gasteiger partial charge in [0, 0.05) is 18.1 Å². The number of hydrogen-bond donors (Lipinski definition) is 2. The Morgan fingerprint density at radius 1 is 1.19 bits per heavy atom. The molecule has 0 aliphatic rings. The van der Waals surface area contributed by atoms with Crippen molar-refractivity contribution < 1.29 is 9.90 Å². The smallest absolute Gasteiger partial charge is 0.407 e. The Morgan fingerprint density at radius 2 is 1.81 bits per heavy atom. The van der Waals surface area contributed by atoms with Gasteiger partial charge in [-0.05, 0) is 37.1 Å². The first kappa shape index (κ1) is 15.3. The maximum absolute atomic E-state index is 11.4. The van der Waals surface area contributed by atoms with Crippen LogP contribution in [0.25, 0.3) is 10.8 Å². The topological polar surface area (TPSA) is 66.6 Å². The minimum absolute atomic E-state index is 0.271. The number of fused-ring (bicyclic) bond motifs is 1. The monoisotopic (exact) mass is 286 g/mol. The van der Waals surface area contributed by atoms with Gasteiger partial charge in [0.2, 0.25) is 0 Å². The van der Waals surface area contributed by atoms with Gasteiger partial charge in [-0.15, -0.1) is 0 Å². The van der Waals surface area contributed by atoms with E-state index in [0.29, 0.717) is 0 Å². The Balaban J connectivity index is 2.34. The zero-order valence-corrected chi connectivity index (χ0v) is 12.7. The molecular weight excluding hydrogens is 264 g/mol. The van der Waals surface area contributed by atoms with Gasteiger partial charge in [0.1, 0.15) is 0 Å². The van der Waals surface area contributed by atoms with Crippen LogP contribution in [0.2, 0.25) is 0 Å². The van der Waals surface area contributed by atoms with E-state index < -0.39 is 11.6 Å². The lowest BCUT2D eigenvalue weighted by Crippen LogP contribution is -2.48. The summed E-state index contributed by atoms with van der Waals surface area (Å²) in [6.45, 7) is 5.89. The molecule has 2 rings (SSSR count). The molecule has 0 radical (unpaired) electrons. The van der Waals surface area contributed by atoms with Gasteiger partial charge in [0.05, 0.1) is 0 Å². The van der Waals surface area contributed by atoms with E-state index in [1.165, 1.54) is 4.90 Å². The van der Waals surface area contributed by atoms with Crippen molar-refractivity contribution in [3.63, 3.8) is 0 Å². The van der Waals surface area contributed by atoms with Crippen molar-refractivity contribution in [2.45, 2.75) is 32.4 Å². The quantitative estimate of drug-likeness (QED) is 0.905. The van der Waals surface area contributed by atoms with Crippen molar-refractivity contribution in [2.24, 2.45) is 5.73 Å². The number of carbonyl (C=O) groups is 1. The van der Waals surface area contributed by atoms with E-state index in [4.69, 9.17) is 5.73 Å². The Labute approximate surface area is 125 Å². The summed E-state index contributed by atoms with van der Waals surface area (Å²) < 4.78 is 0. The zero-order chi connectivity index (χ0) is 15.6. The summed E-state index contributed by atoms with van der Waals surface area (Å²) in [5.74, 6) is 0. The number of nitrogens with zero attached hydrogens (tertiary/aromatic N) is 1. The van der Waals surface area contributed by atoms with E-state index in [1.54, 1.807) is 0 Å². The number of hydrogen-bond acceptors (Lipinski definition) is 2. The van der Waals surface area contributed by atoms with Crippen molar-refractivity contribution in [2.75, 3.05) is 6.54 Å². The summed E-state index contributed by atoms with van der Waals surface area (Å²) in [5.41, 5.74) is 6.79. The molecule has 0 saturated carbocycles. The summed E-state index contributed by atoms with van der Waals surface area (Å²) in [7, 11) is 0. The maximum Gasteiger partial charge on any atom is 0.407 e. The minimum atomic E-state index is -0.946. The summed E-state index contributed by atoms with van der Waals surface area (Å²) in [5, 5.41) is 11.6. The lowest BCUT2D eigenvalue weighted by atomic mass is 9.97. The predicted molar refractivity (Wildman–Crippen MR) is 85.4 cm³/mol. The normalized spacial score (nSPS) is 13.1. The number of amides is 1. The molecule has 0 aromatic heterocycles. The molecule has 1 amide bonds. The van der Waals surface area contributed by atoms with Crippen LogP contribution < -0.4 is 5.73 Å². The van der Waals surface area contributed by atoms with E-state index in [-0.39, 0.29) is 12.6 Å². The second-order valence-corrected chi connectivity index (χ2v) is 6.24. The van der Waals surface area contributed by atoms with Crippen LogP contribution in [-0.4, -0.2) is 28.2 Å². The Bertz CT molecular complexity index is 641. The van der Waals surface area contributed by atoms with Crippen molar-refractivity contribution in [1.29, 1.82) is 0 Å². The molecule has 2 aromatic carbocycles. The largest absolute Gasteiger partial charge is 0.465 e. The number of nitrogens with two attached hydrogens (primary N) is 1. The average molecular weight is 286 g/mol. The Hall–Kier alpha value is -2.07. The highest BCUT2D eigenvalue weighted by atomic mass is 16.4. The van der Waals surface area contributed by atoms with Crippen LogP contribution in [0.3, 0.4) is 0 Å². The fourth-order valence-electron chi connectivity index (χ4n) is 2.51. The van der Waals surface area contributed by atoms with Gasteiger partial charge < -0.3 is 15.7 Å². The molecule has 0 aliphatic heterocycles. The lowest BCUT2D eigenvalue weighted by molar-refractivity contribution is 0.0961. The Kier molecular flexibility index (Phi) is 4.19. The van der Waals surface area contributed by atoms with Crippen LogP contribution in [0.4, 0.5) is 4.79 Å². The van der Waals surface area contributed by atoms with Crippen molar-refractivity contribution in [3.8, 4) is 0 Å². The lowest BCUT2D eigenvalue weighted by Gasteiger charge is -2.35. The second kappa shape index (κ2) is 5.74. The maximum atomic E-state index is 11.4. The Morgan fingerprint density at radius 3 is 2.43 bits per heavy atom. The van der Waals surface area contributed by atoms with E-state index in [1.807, 2.05) is 63.2 Å². The highest BCUT2D eigenvalue weighted by Crippen LogP contribution is 2.25. The molecule has 2 aromatic rings. The molecule has 1 atom stereocenters. The van der Waals surface area contributed by atoms with Crippen molar-refractivity contribution in [1.82, 2.24) is 4.90 Å². The molecule has 0 heterocycles. The second-order valence-electron chi connectivity index (χ2n) is 6.24. The van der Waals surface area contributed by atoms with E-state index in [0.717, 1.165) is 16.3 Å². The average Bonchev–Trinajstić information content (AvgIpc) is 2.42. The van der Waals surface area contributed by atoms with Gasteiger partial charge in [-0.25, -0.2) is 4.79 Å². The van der Waals surface area contributed by atoms with Crippen LogP contribution in [0.1, 0.15) is 32.4 Å². The first-order valence-corrected chi connectivity index (χ1v) is 7.04. The fraction of sp³-hybridized carbons (Fsp3) is 0.353. The van der Waals surface area contributed by atoms with E-state index in [2.05, 4.69) is 0 Å². The van der Waals surface area contributed by atoms with Gasteiger partial charge in [-0.3, -0.25) is 0 Å². The van der Waals surface area contributed by atoms with Crippen LogP contribution in [-0.2, 0) is 0 Å². The van der Waals surface area contributed by atoms with E-state index >= 15 is 0 Å². The third-order valence-electron chi connectivity index (χ3n) is 3.64. The van der Waals surface area contributed by atoms with Gasteiger partial charge in [0.15, 0.2) is 0 Å². The third kappa shape index (κ3) is 3.34. The molecule has 3 N–H and O–H groups in total. The molecule has 0 saturated heterocycles. The molecule has 0 bridgehead atoms. The first-order valence-electron chi connectivity index (χ1n) is 7.04. The number of rotatable bonds is 3. The molecule has 0 fully saturated rings.